The van der Waals surface area contributed by atoms with Crippen LogP contribution in [0.4, 0.5) is 0 Å². The van der Waals surface area contributed by atoms with Crippen molar-refractivity contribution in [1.29, 1.82) is 0 Å². The van der Waals surface area contributed by atoms with Gasteiger partial charge >= 0.3 is 0 Å². The fraction of sp³-hybridized carbons (Fsp3) is 0.300. The standard InChI is InChI=1S/C20H19N3O2S/c24-19(16-10-22-17-6-2-1-5-15(16)17)23-12-20(13-23)9-14(11-26-20)25-18-7-3-4-8-21-18/h1-8,10,14,22H,9,11-13H2/t14-/m0/s1. The number of carbonyl (C=O) groups excluding carboxylic acids is 1. The summed E-state index contributed by atoms with van der Waals surface area (Å²) < 4.78 is 6.13. The lowest BCUT2D eigenvalue weighted by molar-refractivity contribution is 0.0518. The third-order valence-electron chi connectivity index (χ3n) is 5.17. The zero-order chi connectivity index (χ0) is 17.6. The zero-order valence-electron chi connectivity index (χ0n) is 14.2. The fourth-order valence-corrected chi connectivity index (χ4v) is 5.42. The predicted molar refractivity (Wildman–Crippen MR) is 103 cm³/mol. The maximum atomic E-state index is 12.9. The number of hydrogen-bond acceptors (Lipinski definition) is 4. The molecule has 2 aromatic heterocycles. The molecule has 1 N–H and O–H groups in total. The van der Waals surface area contributed by atoms with E-state index in [2.05, 4.69) is 9.97 Å². The summed E-state index contributed by atoms with van der Waals surface area (Å²) >= 11 is 1.93. The minimum atomic E-state index is 0.114. The highest BCUT2D eigenvalue weighted by Crippen LogP contribution is 2.46. The molecule has 0 saturated carbocycles. The van der Waals surface area contributed by atoms with Gasteiger partial charge in [-0.05, 0) is 12.1 Å². The molecule has 1 amide bonds. The Labute approximate surface area is 155 Å². The second kappa shape index (κ2) is 6.06. The normalized spacial score (nSPS) is 21.1. The van der Waals surface area contributed by atoms with Gasteiger partial charge in [-0.15, -0.1) is 11.8 Å². The first-order chi connectivity index (χ1) is 12.7. The summed E-state index contributed by atoms with van der Waals surface area (Å²) in [6, 6.07) is 13.7. The van der Waals surface area contributed by atoms with Crippen LogP contribution in [0.5, 0.6) is 5.88 Å². The number of carbonyl (C=O) groups is 1. The number of aromatic amines is 1. The first kappa shape index (κ1) is 15.8. The van der Waals surface area contributed by atoms with E-state index in [1.165, 1.54) is 0 Å². The Hall–Kier alpha value is -2.47. The van der Waals surface area contributed by atoms with Gasteiger partial charge in [0.25, 0.3) is 5.91 Å². The Bertz CT molecular complexity index is 950. The largest absolute Gasteiger partial charge is 0.473 e. The Kier molecular flexibility index (Phi) is 3.67. The number of thioether (sulfide) groups is 1. The fourth-order valence-electron chi connectivity index (χ4n) is 3.90. The van der Waals surface area contributed by atoms with E-state index < -0.39 is 0 Å². The van der Waals surface area contributed by atoms with Gasteiger partial charge in [0.2, 0.25) is 5.88 Å². The first-order valence-corrected chi connectivity index (χ1v) is 9.78. The molecule has 2 aliphatic rings. The van der Waals surface area contributed by atoms with Crippen LogP contribution in [0.25, 0.3) is 10.9 Å². The van der Waals surface area contributed by atoms with Crippen molar-refractivity contribution in [2.45, 2.75) is 17.3 Å². The summed E-state index contributed by atoms with van der Waals surface area (Å²) in [6.07, 6.45) is 4.71. The number of para-hydroxylation sites is 1. The maximum Gasteiger partial charge on any atom is 0.256 e. The molecule has 6 heteroatoms. The van der Waals surface area contributed by atoms with Crippen molar-refractivity contribution < 1.29 is 9.53 Å². The molecule has 0 radical (unpaired) electrons. The van der Waals surface area contributed by atoms with Gasteiger partial charge in [0.15, 0.2) is 0 Å². The molecule has 0 aliphatic carbocycles. The van der Waals surface area contributed by atoms with E-state index in [4.69, 9.17) is 4.74 Å². The molecular formula is C20H19N3O2S. The maximum absolute atomic E-state index is 12.9. The average molecular weight is 365 g/mol. The number of H-pyrrole nitrogens is 1. The zero-order valence-corrected chi connectivity index (χ0v) is 15.0. The number of hydrogen-bond donors (Lipinski definition) is 1. The summed E-state index contributed by atoms with van der Waals surface area (Å²) in [6.45, 7) is 1.58. The second-order valence-electron chi connectivity index (χ2n) is 7.02. The molecule has 2 fully saturated rings. The number of pyridine rings is 1. The number of rotatable bonds is 3. The lowest BCUT2D eigenvalue weighted by Gasteiger charge is -2.47. The highest BCUT2D eigenvalue weighted by Gasteiger charge is 2.51. The van der Waals surface area contributed by atoms with Gasteiger partial charge in [0, 0.05) is 54.6 Å². The molecule has 0 unspecified atom stereocenters. The summed E-state index contributed by atoms with van der Waals surface area (Å²) in [5, 5.41) is 0.994. The van der Waals surface area contributed by atoms with Gasteiger partial charge in [-0.2, -0.15) is 0 Å². The van der Waals surface area contributed by atoms with Crippen LogP contribution >= 0.6 is 11.8 Å². The van der Waals surface area contributed by atoms with Crippen molar-refractivity contribution >= 4 is 28.6 Å². The highest BCUT2D eigenvalue weighted by molar-refractivity contribution is 8.01. The topological polar surface area (TPSA) is 58.2 Å². The van der Waals surface area contributed by atoms with Crippen LogP contribution in [0.15, 0.2) is 54.9 Å². The summed E-state index contributed by atoms with van der Waals surface area (Å²) in [4.78, 5) is 22.2. The van der Waals surface area contributed by atoms with Crippen molar-refractivity contribution in [3.8, 4) is 5.88 Å². The van der Waals surface area contributed by atoms with E-state index in [9.17, 15) is 4.79 Å². The van der Waals surface area contributed by atoms with Gasteiger partial charge in [0.05, 0.1) is 10.3 Å². The van der Waals surface area contributed by atoms with Gasteiger partial charge < -0.3 is 14.6 Å². The summed E-state index contributed by atoms with van der Waals surface area (Å²) in [5.74, 6) is 1.75. The number of fused-ring (bicyclic) bond motifs is 1. The van der Waals surface area contributed by atoms with Crippen molar-refractivity contribution in [3.05, 3.63) is 60.4 Å². The molecule has 5 nitrogen and oxygen atoms in total. The van der Waals surface area contributed by atoms with Crippen LogP contribution in [0.3, 0.4) is 0 Å². The van der Waals surface area contributed by atoms with E-state index in [0.717, 1.165) is 41.7 Å². The molecule has 1 atom stereocenters. The third-order valence-corrected chi connectivity index (χ3v) is 6.74. The monoisotopic (exact) mass is 365 g/mol. The first-order valence-electron chi connectivity index (χ1n) is 8.80. The minimum absolute atomic E-state index is 0.114. The molecule has 3 aromatic rings. The molecule has 1 aromatic carbocycles. The van der Waals surface area contributed by atoms with E-state index in [1.54, 1.807) is 6.20 Å². The Balaban J connectivity index is 1.24. The number of nitrogens with zero attached hydrogens (tertiary/aromatic N) is 2. The lowest BCUT2D eigenvalue weighted by atomic mass is 9.92. The lowest BCUT2D eigenvalue weighted by Crippen LogP contribution is -2.60. The molecule has 2 aliphatic heterocycles. The third kappa shape index (κ3) is 2.65. The van der Waals surface area contributed by atoms with Crippen LogP contribution < -0.4 is 4.74 Å². The summed E-state index contributed by atoms with van der Waals surface area (Å²) in [7, 11) is 0. The molecular weight excluding hydrogens is 346 g/mol. The van der Waals surface area contributed by atoms with E-state index in [1.807, 2.05) is 65.3 Å². The molecule has 132 valence electrons. The van der Waals surface area contributed by atoms with E-state index in [0.29, 0.717) is 5.88 Å². The highest BCUT2D eigenvalue weighted by atomic mass is 32.2. The van der Waals surface area contributed by atoms with Crippen molar-refractivity contribution in [2.75, 3.05) is 18.8 Å². The number of benzene rings is 1. The minimum Gasteiger partial charge on any atom is -0.473 e. The SMILES string of the molecule is O=C(c1c[nH]c2ccccc12)N1CC2(C[C@H](Oc3ccccn3)CS2)C1. The number of amides is 1. The smallest absolute Gasteiger partial charge is 0.256 e. The molecule has 1 spiro atoms. The number of nitrogens with one attached hydrogen (secondary N) is 1. The van der Waals surface area contributed by atoms with Crippen molar-refractivity contribution in [1.82, 2.24) is 14.9 Å². The second-order valence-corrected chi connectivity index (χ2v) is 8.50. The number of aromatic nitrogens is 2. The van der Waals surface area contributed by atoms with Crippen LogP contribution in [0.1, 0.15) is 16.8 Å². The molecule has 0 bridgehead atoms. The number of ether oxygens (including phenoxy) is 1. The molecule has 4 heterocycles. The van der Waals surface area contributed by atoms with Crippen molar-refractivity contribution in [2.24, 2.45) is 0 Å². The van der Waals surface area contributed by atoms with Crippen LogP contribution in [-0.4, -0.2) is 50.5 Å². The van der Waals surface area contributed by atoms with Gasteiger partial charge in [-0.25, -0.2) is 4.98 Å². The van der Waals surface area contributed by atoms with Crippen LogP contribution in [-0.2, 0) is 0 Å². The number of likely N-dealkylation sites (tertiary alicyclic amines) is 1. The van der Waals surface area contributed by atoms with E-state index >= 15 is 0 Å². The predicted octanol–water partition coefficient (Wildman–Crippen LogP) is 3.34. The quantitative estimate of drug-likeness (QED) is 0.773. The molecule has 2 saturated heterocycles. The van der Waals surface area contributed by atoms with Gasteiger partial charge in [0.1, 0.15) is 6.10 Å². The van der Waals surface area contributed by atoms with Crippen molar-refractivity contribution in [3.63, 3.8) is 0 Å². The Morgan fingerprint density at radius 2 is 2.08 bits per heavy atom. The summed E-state index contributed by atoms with van der Waals surface area (Å²) in [5.41, 5.74) is 1.77. The molecule has 26 heavy (non-hydrogen) atoms. The average Bonchev–Trinajstić information content (AvgIpc) is 3.25. The van der Waals surface area contributed by atoms with Crippen LogP contribution in [0, 0.1) is 0 Å². The Morgan fingerprint density at radius 3 is 2.92 bits per heavy atom. The Morgan fingerprint density at radius 1 is 1.23 bits per heavy atom. The van der Waals surface area contributed by atoms with Gasteiger partial charge in [-0.3, -0.25) is 4.79 Å². The van der Waals surface area contributed by atoms with E-state index in [-0.39, 0.29) is 16.8 Å². The molecule has 5 rings (SSSR count). The van der Waals surface area contributed by atoms with Crippen LogP contribution in [0.2, 0.25) is 0 Å². The van der Waals surface area contributed by atoms with Gasteiger partial charge in [-0.1, -0.05) is 24.3 Å².